The van der Waals surface area contributed by atoms with Crippen molar-refractivity contribution < 1.29 is 9.18 Å². The van der Waals surface area contributed by atoms with Crippen LogP contribution in [-0.4, -0.2) is 25.5 Å². The molecule has 0 bridgehead atoms. The number of anilines is 1. The highest BCUT2D eigenvalue weighted by Gasteiger charge is 2.13. The Bertz CT molecular complexity index is 852. The van der Waals surface area contributed by atoms with Crippen molar-refractivity contribution in [3.8, 4) is 0 Å². The minimum atomic E-state index is -0.278. The SMILES string of the molecule is Cc1c(C(=O)Nc2cnn(Cc3ccccc3F)c2)cnn1C. The van der Waals surface area contributed by atoms with E-state index in [0.29, 0.717) is 23.4 Å². The molecule has 0 saturated carbocycles. The number of halogens is 1. The average molecular weight is 313 g/mol. The Labute approximate surface area is 132 Å². The van der Waals surface area contributed by atoms with Crippen LogP contribution in [0.15, 0.2) is 42.9 Å². The van der Waals surface area contributed by atoms with E-state index in [0.717, 1.165) is 5.69 Å². The molecule has 1 aromatic carbocycles. The van der Waals surface area contributed by atoms with Gasteiger partial charge < -0.3 is 5.32 Å². The fourth-order valence-electron chi connectivity index (χ4n) is 2.24. The van der Waals surface area contributed by atoms with E-state index in [1.54, 1.807) is 40.8 Å². The standard InChI is InChI=1S/C16H16FN5O/c1-11-14(8-18-21(11)2)16(23)20-13-7-19-22(10-13)9-12-5-3-4-6-15(12)17/h3-8,10H,9H2,1-2H3,(H,20,23). The van der Waals surface area contributed by atoms with Gasteiger partial charge in [0.05, 0.1) is 30.2 Å². The van der Waals surface area contributed by atoms with Crippen LogP contribution in [0.5, 0.6) is 0 Å². The number of nitrogens with zero attached hydrogens (tertiary/aromatic N) is 4. The molecule has 3 aromatic rings. The Kier molecular flexibility index (Phi) is 3.92. The van der Waals surface area contributed by atoms with Gasteiger partial charge in [0, 0.05) is 24.5 Å². The molecule has 2 aromatic heterocycles. The van der Waals surface area contributed by atoms with Crippen molar-refractivity contribution in [2.75, 3.05) is 5.32 Å². The van der Waals surface area contributed by atoms with Gasteiger partial charge in [0.25, 0.3) is 5.91 Å². The Morgan fingerprint density at radius 1 is 1.26 bits per heavy atom. The maximum Gasteiger partial charge on any atom is 0.259 e. The molecular weight excluding hydrogens is 297 g/mol. The first-order valence-corrected chi connectivity index (χ1v) is 7.10. The van der Waals surface area contributed by atoms with Gasteiger partial charge in [0.2, 0.25) is 0 Å². The lowest BCUT2D eigenvalue weighted by atomic mass is 10.2. The van der Waals surface area contributed by atoms with Crippen LogP contribution in [0.4, 0.5) is 10.1 Å². The first kappa shape index (κ1) is 15.0. The number of amides is 1. The second kappa shape index (κ2) is 6.04. The number of carbonyl (C=O) groups excluding carboxylic acids is 1. The summed E-state index contributed by atoms with van der Waals surface area (Å²) in [5, 5.41) is 10.9. The zero-order chi connectivity index (χ0) is 16.4. The molecule has 23 heavy (non-hydrogen) atoms. The number of carbonyl (C=O) groups is 1. The zero-order valence-electron chi connectivity index (χ0n) is 12.8. The summed E-state index contributed by atoms with van der Waals surface area (Å²) in [7, 11) is 1.78. The minimum absolute atomic E-state index is 0.249. The molecule has 1 amide bonds. The molecule has 0 fully saturated rings. The first-order chi connectivity index (χ1) is 11.0. The van der Waals surface area contributed by atoms with Crippen molar-refractivity contribution in [1.29, 1.82) is 0 Å². The van der Waals surface area contributed by atoms with E-state index in [4.69, 9.17) is 0 Å². The Morgan fingerprint density at radius 3 is 2.74 bits per heavy atom. The molecule has 3 rings (SSSR count). The zero-order valence-corrected chi connectivity index (χ0v) is 12.8. The Morgan fingerprint density at radius 2 is 2.04 bits per heavy atom. The molecule has 6 nitrogen and oxygen atoms in total. The largest absolute Gasteiger partial charge is 0.319 e. The van der Waals surface area contributed by atoms with Crippen molar-refractivity contribution in [2.24, 2.45) is 7.05 Å². The van der Waals surface area contributed by atoms with Crippen molar-refractivity contribution in [2.45, 2.75) is 13.5 Å². The van der Waals surface area contributed by atoms with Crippen LogP contribution in [-0.2, 0) is 13.6 Å². The van der Waals surface area contributed by atoms with Crippen molar-refractivity contribution in [3.05, 3.63) is 65.5 Å². The Hall–Kier alpha value is -2.96. The third kappa shape index (κ3) is 3.13. The summed E-state index contributed by atoms with van der Waals surface area (Å²) in [4.78, 5) is 12.2. The van der Waals surface area contributed by atoms with E-state index >= 15 is 0 Å². The highest BCUT2D eigenvalue weighted by atomic mass is 19.1. The summed E-state index contributed by atoms with van der Waals surface area (Å²) in [5.41, 5.74) is 2.38. The smallest absolute Gasteiger partial charge is 0.259 e. The normalized spacial score (nSPS) is 10.7. The molecule has 0 aliphatic rings. The molecule has 0 aliphatic heterocycles. The highest BCUT2D eigenvalue weighted by Crippen LogP contribution is 2.13. The predicted molar refractivity (Wildman–Crippen MR) is 83.6 cm³/mol. The molecule has 118 valence electrons. The number of aromatic nitrogens is 4. The molecule has 7 heteroatoms. The van der Waals surface area contributed by atoms with Gasteiger partial charge in [-0.2, -0.15) is 10.2 Å². The molecule has 0 unspecified atom stereocenters. The fourth-order valence-corrected chi connectivity index (χ4v) is 2.24. The number of hydrogen-bond acceptors (Lipinski definition) is 3. The number of nitrogens with one attached hydrogen (secondary N) is 1. The molecule has 0 atom stereocenters. The first-order valence-electron chi connectivity index (χ1n) is 7.10. The predicted octanol–water partition coefficient (Wildman–Crippen LogP) is 2.36. The lowest BCUT2D eigenvalue weighted by Gasteiger charge is -2.03. The molecule has 1 N–H and O–H groups in total. The fraction of sp³-hybridized carbons (Fsp3) is 0.188. The minimum Gasteiger partial charge on any atom is -0.319 e. The lowest BCUT2D eigenvalue weighted by Crippen LogP contribution is -2.12. The van der Waals surface area contributed by atoms with Crippen molar-refractivity contribution >= 4 is 11.6 Å². The summed E-state index contributed by atoms with van der Waals surface area (Å²) < 4.78 is 16.8. The van der Waals surface area contributed by atoms with E-state index < -0.39 is 0 Å². The third-order valence-electron chi connectivity index (χ3n) is 3.66. The molecular formula is C16H16FN5O. The lowest BCUT2D eigenvalue weighted by molar-refractivity contribution is 0.102. The quantitative estimate of drug-likeness (QED) is 0.804. The van der Waals surface area contributed by atoms with E-state index in [1.807, 2.05) is 6.92 Å². The number of rotatable bonds is 4. The van der Waals surface area contributed by atoms with Crippen molar-refractivity contribution in [1.82, 2.24) is 19.6 Å². The average Bonchev–Trinajstić information content (AvgIpc) is 3.09. The third-order valence-corrected chi connectivity index (χ3v) is 3.66. The second-order valence-corrected chi connectivity index (χ2v) is 5.24. The summed E-state index contributed by atoms with van der Waals surface area (Å²) in [6, 6.07) is 6.53. The van der Waals surface area contributed by atoms with E-state index in [1.165, 1.54) is 18.5 Å². The van der Waals surface area contributed by atoms with E-state index in [9.17, 15) is 9.18 Å². The molecule has 0 radical (unpaired) electrons. The summed E-state index contributed by atoms with van der Waals surface area (Å²) in [6.07, 6.45) is 4.72. The van der Waals surface area contributed by atoms with E-state index in [2.05, 4.69) is 15.5 Å². The van der Waals surface area contributed by atoms with Gasteiger partial charge in [0.1, 0.15) is 5.82 Å². The summed E-state index contributed by atoms with van der Waals surface area (Å²) in [6.45, 7) is 2.12. The van der Waals surface area contributed by atoms with Gasteiger partial charge in [-0.15, -0.1) is 0 Å². The van der Waals surface area contributed by atoms with Crippen LogP contribution >= 0.6 is 0 Å². The molecule has 0 spiro atoms. The molecule has 0 saturated heterocycles. The van der Waals surface area contributed by atoms with E-state index in [-0.39, 0.29) is 11.7 Å². The van der Waals surface area contributed by atoms with Gasteiger partial charge in [-0.05, 0) is 13.0 Å². The van der Waals surface area contributed by atoms with Gasteiger partial charge >= 0.3 is 0 Å². The van der Waals surface area contributed by atoms with Crippen LogP contribution in [0.1, 0.15) is 21.6 Å². The van der Waals surface area contributed by atoms with Crippen LogP contribution in [0.3, 0.4) is 0 Å². The monoisotopic (exact) mass is 313 g/mol. The summed E-state index contributed by atoms with van der Waals surface area (Å²) >= 11 is 0. The van der Waals surface area contributed by atoms with Crippen LogP contribution < -0.4 is 5.32 Å². The molecule has 0 aliphatic carbocycles. The van der Waals surface area contributed by atoms with Gasteiger partial charge in [-0.1, -0.05) is 18.2 Å². The number of benzene rings is 1. The van der Waals surface area contributed by atoms with Crippen LogP contribution in [0.2, 0.25) is 0 Å². The number of aryl methyl sites for hydroxylation is 1. The summed E-state index contributed by atoms with van der Waals surface area (Å²) in [5.74, 6) is -0.527. The van der Waals surface area contributed by atoms with Crippen molar-refractivity contribution in [3.63, 3.8) is 0 Å². The topological polar surface area (TPSA) is 64.7 Å². The number of hydrogen-bond donors (Lipinski definition) is 1. The van der Waals surface area contributed by atoms with Crippen LogP contribution in [0, 0.1) is 12.7 Å². The van der Waals surface area contributed by atoms with Gasteiger partial charge in [-0.3, -0.25) is 14.2 Å². The molecule has 2 heterocycles. The van der Waals surface area contributed by atoms with Gasteiger partial charge in [-0.25, -0.2) is 4.39 Å². The van der Waals surface area contributed by atoms with Crippen LogP contribution in [0.25, 0.3) is 0 Å². The highest BCUT2D eigenvalue weighted by molar-refractivity contribution is 6.04. The maximum absolute atomic E-state index is 13.6. The maximum atomic E-state index is 13.6. The Balaban J connectivity index is 1.71. The van der Waals surface area contributed by atoms with Gasteiger partial charge in [0.15, 0.2) is 0 Å². The second-order valence-electron chi connectivity index (χ2n) is 5.24.